The van der Waals surface area contributed by atoms with Gasteiger partial charge in [-0.25, -0.2) is 9.18 Å². The van der Waals surface area contributed by atoms with Crippen molar-refractivity contribution in [3.05, 3.63) is 76.7 Å². The van der Waals surface area contributed by atoms with E-state index in [0.29, 0.717) is 4.47 Å². The summed E-state index contributed by atoms with van der Waals surface area (Å²) in [6.07, 6.45) is 4.46. The van der Waals surface area contributed by atoms with Crippen molar-refractivity contribution >= 4 is 50.5 Å². The second-order valence-electron chi connectivity index (χ2n) is 5.54. The number of anilines is 1. The number of hydrogen-bond acceptors (Lipinski definition) is 4. The van der Waals surface area contributed by atoms with Gasteiger partial charge in [-0.15, -0.1) is 0 Å². The van der Waals surface area contributed by atoms with Gasteiger partial charge in [0.1, 0.15) is 5.82 Å². The molecule has 2 aromatic carbocycles. The average Bonchev–Trinajstić information content (AvgIpc) is 2.67. The monoisotopic (exact) mass is 428 g/mol. The molecule has 0 aliphatic carbocycles. The number of para-hydroxylation sites is 1. The number of benzene rings is 2. The number of hydrogen-bond donors (Lipinski definition) is 1. The zero-order chi connectivity index (χ0) is 19.2. The van der Waals surface area contributed by atoms with Crippen LogP contribution in [0.15, 0.2) is 65.3 Å². The lowest BCUT2D eigenvalue weighted by Crippen LogP contribution is -2.20. The molecule has 0 bridgehead atoms. The molecular formula is C20H14BrFN2O3. The molecule has 27 heavy (non-hydrogen) atoms. The highest BCUT2D eigenvalue weighted by molar-refractivity contribution is 9.10. The lowest BCUT2D eigenvalue weighted by atomic mass is 10.1. The number of aromatic nitrogens is 1. The first kappa shape index (κ1) is 18.7. The second kappa shape index (κ2) is 8.55. The Kier molecular flexibility index (Phi) is 5.93. The van der Waals surface area contributed by atoms with Gasteiger partial charge in [0, 0.05) is 27.7 Å². The molecular weight excluding hydrogens is 415 g/mol. The van der Waals surface area contributed by atoms with Crippen LogP contribution >= 0.6 is 15.9 Å². The molecule has 0 radical (unpaired) electrons. The van der Waals surface area contributed by atoms with Gasteiger partial charge >= 0.3 is 5.97 Å². The Bertz CT molecular complexity index is 1030. The average molecular weight is 429 g/mol. The van der Waals surface area contributed by atoms with E-state index < -0.39 is 24.3 Å². The van der Waals surface area contributed by atoms with E-state index in [2.05, 4.69) is 26.2 Å². The SMILES string of the molecule is O=C(COC(=O)/C=C/c1cccc2cccnc12)Nc1ccc(Br)cc1F. The number of halogens is 2. The largest absolute Gasteiger partial charge is 0.452 e. The molecule has 0 fully saturated rings. The lowest BCUT2D eigenvalue weighted by Gasteiger charge is -2.06. The van der Waals surface area contributed by atoms with Gasteiger partial charge in [-0.2, -0.15) is 0 Å². The highest BCUT2D eigenvalue weighted by Gasteiger charge is 2.09. The predicted molar refractivity (Wildman–Crippen MR) is 104 cm³/mol. The molecule has 3 aromatic rings. The third kappa shape index (κ3) is 4.98. The van der Waals surface area contributed by atoms with Gasteiger partial charge in [0.2, 0.25) is 0 Å². The summed E-state index contributed by atoms with van der Waals surface area (Å²) >= 11 is 3.13. The molecule has 5 nitrogen and oxygen atoms in total. The van der Waals surface area contributed by atoms with Crippen LogP contribution in [0, 0.1) is 5.82 Å². The van der Waals surface area contributed by atoms with Gasteiger partial charge in [0.05, 0.1) is 11.2 Å². The Morgan fingerprint density at radius 3 is 2.81 bits per heavy atom. The summed E-state index contributed by atoms with van der Waals surface area (Å²) < 4.78 is 19.1. The predicted octanol–water partition coefficient (Wildman–Crippen LogP) is 4.33. The van der Waals surface area contributed by atoms with Crippen molar-refractivity contribution < 1.29 is 18.7 Å². The Hall–Kier alpha value is -3.06. The quantitative estimate of drug-likeness (QED) is 0.484. The molecule has 0 unspecified atom stereocenters. The molecule has 0 saturated heterocycles. The van der Waals surface area contributed by atoms with Crippen molar-refractivity contribution in [3.8, 4) is 0 Å². The summed E-state index contributed by atoms with van der Waals surface area (Å²) in [5.41, 5.74) is 1.52. The highest BCUT2D eigenvalue weighted by Crippen LogP contribution is 2.19. The molecule has 0 spiro atoms. The minimum Gasteiger partial charge on any atom is -0.452 e. The normalized spacial score (nSPS) is 10.9. The molecule has 1 amide bonds. The van der Waals surface area contributed by atoms with Gasteiger partial charge < -0.3 is 10.1 Å². The molecule has 136 valence electrons. The van der Waals surface area contributed by atoms with Crippen molar-refractivity contribution in [3.63, 3.8) is 0 Å². The highest BCUT2D eigenvalue weighted by atomic mass is 79.9. The minimum absolute atomic E-state index is 0.0108. The third-order valence-electron chi connectivity index (χ3n) is 3.61. The fourth-order valence-electron chi connectivity index (χ4n) is 2.38. The minimum atomic E-state index is -0.686. The Morgan fingerprint density at radius 1 is 1.19 bits per heavy atom. The van der Waals surface area contributed by atoms with Crippen LogP contribution in [0.25, 0.3) is 17.0 Å². The summed E-state index contributed by atoms with van der Waals surface area (Å²) in [5.74, 6) is -1.91. The maximum absolute atomic E-state index is 13.7. The molecule has 7 heteroatoms. The second-order valence-corrected chi connectivity index (χ2v) is 6.45. The van der Waals surface area contributed by atoms with Crippen LogP contribution in [0.3, 0.4) is 0 Å². The van der Waals surface area contributed by atoms with E-state index in [1.165, 1.54) is 18.2 Å². The van der Waals surface area contributed by atoms with E-state index in [-0.39, 0.29) is 5.69 Å². The number of nitrogens with zero attached hydrogens (tertiary/aromatic N) is 1. The lowest BCUT2D eigenvalue weighted by molar-refractivity contribution is -0.142. The van der Waals surface area contributed by atoms with Gasteiger partial charge in [-0.05, 0) is 30.3 Å². The van der Waals surface area contributed by atoms with Crippen LogP contribution in [0.4, 0.5) is 10.1 Å². The Labute approximate surface area is 163 Å². The zero-order valence-electron chi connectivity index (χ0n) is 14.0. The number of amides is 1. The summed E-state index contributed by atoms with van der Waals surface area (Å²) in [6.45, 7) is -0.521. The molecule has 3 rings (SSSR count). The van der Waals surface area contributed by atoms with E-state index in [1.807, 2.05) is 30.3 Å². The molecule has 1 aromatic heterocycles. The smallest absolute Gasteiger partial charge is 0.331 e. The Morgan fingerprint density at radius 2 is 2.00 bits per heavy atom. The maximum atomic E-state index is 13.7. The van der Waals surface area contributed by atoms with Crippen molar-refractivity contribution in [2.75, 3.05) is 11.9 Å². The summed E-state index contributed by atoms with van der Waals surface area (Å²) in [5, 5.41) is 3.29. The first-order valence-electron chi connectivity index (χ1n) is 7.96. The van der Waals surface area contributed by atoms with Crippen LogP contribution in [0.1, 0.15) is 5.56 Å². The van der Waals surface area contributed by atoms with E-state index in [0.717, 1.165) is 16.5 Å². The van der Waals surface area contributed by atoms with Crippen molar-refractivity contribution in [1.82, 2.24) is 4.98 Å². The standard InChI is InChI=1S/C20H14BrFN2O3/c21-15-7-8-17(16(22)11-15)24-18(25)12-27-19(26)9-6-14-4-1-3-13-5-2-10-23-20(13)14/h1-11H,12H2,(H,24,25)/b9-6+. The molecule has 0 aliphatic rings. The first-order chi connectivity index (χ1) is 13.0. The van der Waals surface area contributed by atoms with Crippen LogP contribution in [-0.4, -0.2) is 23.5 Å². The molecule has 0 aliphatic heterocycles. The topological polar surface area (TPSA) is 68.3 Å². The number of esters is 1. The van der Waals surface area contributed by atoms with E-state index in [1.54, 1.807) is 18.3 Å². The first-order valence-corrected chi connectivity index (χ1v) is 8.76. The number of carbonyl (C=O) groups is 2. The van der Waals surface area contributed by atoms with Gasteiger partial charge in [-0.1, -0.05) is 40.2 Å². The van der Waals surface area contributed by atoms with Crippen LogP contribution < -0.4 is 5.32 Å². The van der Waals surface area contributed by atoms with Gasteiger partial charge in [0.15, 0.2) is 6.61 Å². The van der Waals surface area contributed by atoms with Gasteiger partial charge in [-0.3, -0.25) is 9.78 Å². The summed E-state index contributed by atoms with van der Waals surface area (Å²) in [7, 11) is 0. The van der Waals surface area contributed by atoms with Crippen molar-refractivity contribution in [1.29, 1.82) is 0 Å². The maximum Gasteiger partial charge on any atom is 0.331 e. The zero-order valence-corrected chi connectivity index (χ0v) is 15.6. The van der Waals surface area contributed by atoms with Crippen LogP contribution in [-0.2, 0) is 14.3 Å². The fraction of sp³-hybridized carbons (Fsp3) is 0.0500. The fourth-order valence-corrected chi connectivity index (χ4v) is 2.72. The van der Waals surface area contributed by atoms with Gasteiger partial charge in [0.25, 0.3) is 5.91 Å². The molecule has 1 heterocycles. The number of fused-ring (bicyclic) bond motifs is 1. The molecule has 0 saturated carbocycles. The molecule has 1 N–H and O–H groups in total. The summed E-state index contributed by atoms with van der Waals surface area (Å²) in [6, 6.07) is 13.6. The number of carbonyl (C=O) groups excluding carboxylic acids is 2. The van der Waals surface area contributed by atoms with E-state index in [4.69, 9.17) is 4.74 Å². The number of pyridine rings is 1. The Balaban J connectivity index is 1.57. The number of rotatable bonds is 5. The summed E-state index contributed by atoms with van der Waals surface area (Å²) in [4.78, 5) is 27.9. The third-order valence-corrected chi connectivity index (χ3v) is 4.11. The van der Waals surface area contributed by atoms with Crippen LogP contribution in [0.2, 0.25) is 0 Å². The van der Waals surface area contributed by atoms with E-state index >= 15 is 0 Å². The molecule has 0 atom stereocenters. The number of nitrogens with one attached hydrogen (secondary N) is 1. The van der Waals surface area contributed by atoms with Crippen molar-refractivity contribution in [2.45, 2.75) is 0 Å². The number of ether oxygens (including phenoxy) is 1. The van der Waals surface area contributed by atoms with E-state index in [9.17, 15) is 14.0 Å². The van der Waals surface area contributed by atoms with Crippen LogP contribution in [0.5, 0.6) is 0 Å². The van der Waals surface area contributed by atoms with Crippen molar-refractivity contribution in [2.24, 2.45) is 0 Å².